The zero-order valence-electron chi connectivity index (χ0n) is 8.20. The Kier molecular flexibility index (Phi) is 3.01. The second-order valence-corrected chi connectivity index (χ2v) is 7.47. The average molecular weight is 220 g/mol. The van der Waals surface area contributed by atoms with Crippen molar-refractivity contribution in [3.8, 4) is 0 Å². The van der Waals surface area contributed by atoms with E-state index in [-0.39, 0.29) is 0 Å². The summed E-state index contributed by atoms with van der Waals surface area (Å²) in [6.07, 6.45) is 0. The first-order valence-corrected chi connectivity index (χ1v) is 6.99. The highest BCUT2D eigenvalue weighted by molar-refractivity contribution is 6.84. The van der Waals surface area contributed by atoms with Gasteiger partial charge in [0.15, 0.2) is 17.5 Å². The normalized spacial score (nSPS) is 11.9. The minimum absolute atomic E-state index is 0.399. The van der Waals surface area contributed by atoms with E-state index in [2.05, 4.69) is 0 Å². The molecule has 0 aliphatic heterocycles. The van der Waals surface area contributed by atoms with Gasteiger partial charge in [-0.1, -0.05) is 0 Å². The molecular formula is C9H11F3OSi. The minimum Gasteiger partial charge on any atom is -0.416 e. The molecule has 0 N–H and O–H groups in total. The van der Waals surface area contributed by atoms with E-state index in [0.29, 0.717) is 5.19 Å². The lowest BCUT2D eigenvalue weighted by Crippen LogP contribution is -2.44. The third-order valence-corrected chi connectivity index (χ3v) is 4.89. The minimum atomic E-state index is -2.29. The second-order valence-electron chi connectivity index (χ2n) is 3.47. The van der Waals surface area contributed by atoms with Crippen molar-refractivity contribution in [3.05, 3.63) is 29.6 Å². The molecule has 1 aromatic rings. The van der Waals surface area contributed by atoms with Crippen molar-refractivity contribution in [2.45, 2.75) is 13.1 Å². The molecule has 0 fully saturated rings. The lowest BCUT2D eigenvalue weighted by atomic mass is 10.3. The standard InChI is InChI=1S/C9H11F3OSi/c1-13-14(2,3)6-4-7(10)9(12)8(11)5-6/h4-5H,1-3H3. The Bertz CT molecular complexity index is 329. The summed E-state index contributed by atoms with van der Waals surface area (Å²) in [5.74, 6) is -3.77. The Morgan fingerprint density at radius 1 is 1.07 bits per heavy atom. The van der Waals surface area contributed by atoms with Crippen LogP contribution in [0.4, 0.5) is 13.2 Å². The molecule has 0 amide bonds. The monoisotopic (exact) mass is 220 g/mol. The molecule has 1 nitrogen and oxygen atoms in total. The molecule has 0 saturated heterocycles. The van der Waals surface area contributed by atoms with Gasteiger partial charge in [0.05, 0.1) is 0 Å². The van der Waals surface area contributed by atoms with Crippen molar-refractivity contribution in [3.63, 3.8) is 0 Å². The van der Waals surface area contributed by atoms with E-state index < -0.39 is 25.8 Å². The maximum atomic E-state index is 12.9. The van der Waals surface area contributed by atoms with Crippen LogP contribution in [0.3, 0.4) is 0 Å². The van der Waals surface area contributed by atoms with Gasteiger partial charge in [-0.05, 0) is 30.4 Å². The second kappa shape index (κ2) is 3.74. The maximum absolute atomic E-state index is 12.9. The van der Waals surface area contributed by atoms with Gasteiger partial charge in [-0.2, -0.15) is 0 Å². The van der Waals surface area contributed by atoms with E-state index in [1.165, 1.54) is 7.11 Å². The van der Waals surface area contributed by atoms with Crippen molar-refractivity contribution in [2.24, 2.45) is 0 Å². The van der Waals surface area contributed by atoms with Gasteiger partial charge >= 0.3 is 0 Å². The molecule has 0 unspecified atom stereocenters. The topological polar surface area (TPSA) is 9.23 Å². The SMILES string of the molecule is CO[Si](C)(C)c1cc(F)c(F)c(F)c1. The highest BCUT2D eigenvalue weighted by Gasteiger charge is 2.26. The summed E-state index contributed by atoms with van der Waals surface area (Å²) in [6, 6.07) is 1.99. The summed E-state index contributed by atoms with van der Waals surface area (Å²) < 4.78 is 43.5. The van der Waals surface area contributed by atoms with E-state index >= 15 is 0 Å². The predicted molar refractivity (Wildman–Crippen MR) is 50.4 cm³/mol. The van der Waals surface area contributed by atoms with Crippen LogP contribution in [0.1, 0.15) is 0 Å². The number of rotatable bonds is 2. The van der Waals surface area contributed by atoms with Gasteiger partial charge in [0.2, 0.25) is 8.32 Å². The van der Waals surface area contributed by atoms with Crippen molar-refractivity contribution in [1.29, 1.82) is 0 Å². The molecule has 0 atom stereocenters. The van der Waals surface area contributed by atoms with Crippen LogP contribution in [0.5, 0.6) is 0 Å². The Morgan fingerprint density at radius 2 is 1.50 bits per heavy atom. The molecule has 0 bridgehead atoms. The third kappa shape index (κ3) is 1.98. The van der Waals surface area contributed by atoms with Crippen LogP contribution in [0, 0.1) is 17.5 Å². The zero-order chi connectivity index (χ0) is 10.9. The molecule has 78 valence electrons. The average Bonchev–Trinajstić information content (AvgIpc) is 2.13. The zero-order valence-corrected chi connectivity index (χ0v) is 9.20. The highest BCUT2D eigenvalue weighted by atomic mass is 28.4. The van der Waals surface area contributed by atoms with E-state index in [1.54, 1.807) is 13.1 Å². The Balaban J connectivity index is 3.26. The maximum Gasteiger partial charge on any atom is 0.217 e. The van der Waals surface area contributed by atoms with E-state index in [4.69, 9.17) is 4.43 Å². The fourth-order valence-electron chi connectivity index (χ4n) is 1.02. The Labute approximate surface area is 81.6 Å². The number of hydrogen-bond donors (Lipinski definition) is 0. The Hall–Kier alpha value is -0.813. The molecule has 0 saturated carbocycles. The van der Waals surface area contributed by atoms with E-state index in [0.717, 1.165) is 12.1 Å². The fraction of sp³-hybridized carbons (Fsp3) is 0.333. The summed E-state index contributed by atoms with van der Waals surface area (Å²) in [7, 11) is -0.808. The third-order valence-electron chi connectivity index (χ3n) is 2.19. The molecule has 0 heterocycles. The van der Waals surface area contributed by atoms with Gasteiger partial charge in [0, 0.05) is 7.11 Å². The van der Waals surface area contributed by atoms with E-state index in [9.17, 15) is 13.2 Å². The lowest BCUT2D eigenvalue weighted by Gasteiger charge is -2.20. The molecule has 0 spiro atoms. The smallest absolute Gasteiger partial charge is 0.217 e. The first kappa shape index (κ1) is 11.3. The van der Waals surface area contributed by atoms with Crippen LogP contribution >= 0.6 is 0 Å². The number of halogens is 3. The van der Waals surface area contributed by atoms with Crippen molar-refractivity contribution >= 4 is 13.5 Å². The first-order chi connectivity index (χ1) is 6.38. The van der Waals surface area contributed by atoms with Gasteiger partial charge in [0.25, 0.3) is 0 Å². The van der Waals surface area contributed by atoms with Gasteiger partial charge in [-0.25, -0.2) is 13.2 Å². The van der Waals surface area contributed by atoms with Crippen LogP contribution in [-0.2, 0) is 4.43 Å². The quantitative estimate of drug-likeness (QED) is 0.548. The summed E-state index contributed by atoms with van der Waals surface area (Å²) in [5.41, 5.74) is 0. The lowest BCUT2D eigenvalue weighted by molar-refractivity contribution is 0.414. The van der Waals surface area contributed by atoms with Gasteiger partial charge in [-0.15, -0.1) is 0 Å². The van der Waals surface area contributed by atoms with Crippen LogP contribution in [-0.4, -0.2) is 15.4 Å². The van der Waals surface area contributed by atoms with Crippen LogP contribution < -0.4 is 5.19 Å². The van der Waals surface area contributed by atoms with Gasteiger partial charge in [-0.3, -0.25) is 0 Å². The van der Waals surface area contributed by atoms with Gasteiger partial charge in [0.1, 0.15) is 0 Å². The summed E-state index contributed by atoms with van der Waals surface area (Å²) in [4.78, 5) is 0. The highest BCUT2D eigenvalue weighted by Crippen LogP contribution is 2.12. The molecule has 5 heteroatoms. The molecule has 1 rings (SSSR count). The van der Waals surface area contributed by atoms with Crippen LogP contribution in [0.2, 0.25) is 13.1 Å². The molecule has 0 aliphatic rings. The fourth-order valence-corrected chi connectivity index (χ4v) is 2.21. The summed E-state index contributed by atoms with van der Waals surface area (Å²) in [6.45, 7) is 3.55. The molecule has 1 aromatic carbocycles. The van der Waals surface area contributed by atoms with E-state index in [1.807, 2.05) is 0 Å². The van der Waals surface area contributed by atoms with Crippen LogP contribution in [0.15, 0.2) is 12.1 Å². The first-order valence-electron chi connectivity index (χ1n) is 4.08. The molecular weight excluding hydrogens is 209 g/mol. The number of hydrogen-bond acceptors (Lipinski definition) is 1. The number of benzene rings is 1. The largest absolute Gasteiger partial charge is 0.416 e. The van der Waals surface area contributed by atoms with Crippen molar-refractivity contribution < 1.29 is 17.6 Å². The molecule has 0 aliphatic carbocycles. The van der Waals surface area contributed by atoms with Gasteiger partial charge < -0.3 is 4.43 Å². The van der Waals surface area contributed by atoms with Crippen molar-refractivity contribution in [2.75, 3.05) is 7.11 Å². The molecule has 14 heavy (non-hydrogen) atoms. The molecule has 0 aromatic heterocycles. The summed E-state index contributed by atoms with van der Waals surface area (Å²) in [5, 5.41) is 0.399. The van der Waals surface area contributed by atoms with Crippen LogP contribution in [0.25, 0.3) is 0 Å². The summed E-state index contributed by atoms with van der Waals surface area (Å²) >= 11 is 0. The predicted octanol–water partition coefficient (Wildman–Crippen LogP) is 2.16. The molecule has 0 radical (unpaired) electrons. The Morgan fingerprint density at radius 3 is 1.86 bits per heavy atom. The van der Waals surface area contributed by atoms with Crippen molar-refractivity contribution in [1.82, 2.24) is 0 Å².